The molecule has 1 heterocycles. The first-order valence-corrected chi connectivity index (χ1v) is 5.25. The second kappa shape index (κ2) is 4.65. The van der Waals surface area contributed by atoms with Crippen LogP contribution in [0.15, 0.2) is 24.3 Å². The highest BCUT2D eigenvalue weighted by Crippen LogP contribution is 2.22. The van der Waals surface area contributed by atoms with E-state index < -0.39 is 5.82 Å². The van der Waals surface area contributed by atoms with Gasteiger partial charge in [0.2, 0.25) is 0 Å². The molecule has 0 bridgehead atoms. The van der Waals surface area contributed by atoms with E-state index in [0.29, 0.717) is 22.2 Å². The maximum absolute atomic E-state index is 13.2. The number of anilines is 1. The van der Waals surface area contributed by atoms with E-state index in [-0.39, 0.29) is 0 Å². The molecule has 1 aromatic carbocycles. The molecule has 17 heavy (non-hydrogen) atoms. The first kappa shape index (κ1) is 11.8. The number of nitrogens with zero attached hydrogens (tertiary/aromatic N) is 2. The van der Waals surface area contributed by atoms with E-state index in [2.05, 4.69) is 15.4 Å². The molecule has 0 atom stereocenters. The highest BCUT2D eigenvalue weighted by Gasteiger charge is 2.07. The van der Waals surface area contributed by atoms with E-state index in [1.807, 2.05) is 0 Å². The van der Waals surface area contributed by atoms with Crippen molar-refractivity contribution >= 4 is 17.4 Å². The maximum Gasteiger partial charge on any atom is 0.161 e. The number of rotatable bonds is 2. The third-order valence-electron chi connectivity index (χ3n) is 2.12. The van der Waals surface area contributed by atoms with Crippen LogP contribution in [0, 0.1) is 12.7 Å². The number of hydrazine groups is 1. The number of aryl methyl sites for hydroxylation is 1. The second-order valence-corrected chi connectivity index (χ2v) is 3.96. The van der Waals surface area contributed by atoms with Crippen LogP contribution in [-0.2, 0) is 0 Å². The Balaban J connectivity index is 2.55. The topological polar surface area (TPSA) is 63.8 Å². The lowest BCUT2D eigenvalue weighted by Crippen LogP contribution is -2.10. The molecule has 0 aliphatic carbocycles. The molecule has 0 saturated carbocycles. The van der Waals surface area contributed by atoms with E-state index in [1.165, 1.54) is 12.1 Å². The average molecular weight is 253 g/mol. The minimum absolute atomic E-state index is 0.298. The van der Waals surface area contributed by atoms with E-state index >= 15 is 0 Å². The van der Waals surface area contributed by atoms with Gasteiger partial charge in [0.1, 0.15) is 11.6 Å². The van der Waals surface area contributed by atoms with Crippen LogP contribution in [0.5, 0.6) is 0 Å². The molecule has 1 aromatic heterocycles. The predicted molar refractivity (Wildman–Crippen MR) is 65.0 cm³/mol. The normalized spacial score (nSPS) is 10.4. The average Bonchev–Trinajstić information content (AvgIpc) is 2.26. The second-order valence-electron chi connectivity index (χ2n) is 3.52. The Labute approximate surface area is 103 Å². The number of benzene rings is 1. The van der Waals surface area contributed by atoms with Crippen molar-refractivity contribution < 1.29 is 4.39 Å². The monoisotopic (exact) mass is 252 g/mol. The Hall–Kier alpha value is -1.72. The summed E-state index contributed by atoms with van der Waals surface area (Å²) in [5.41, 5.74) is 3.66. The number of aromatic nitrogens is 2. The van der Waals surface area contributed by atoms with E-state index in [0.717, 1.165) is 5.69 Å². The molecular formula is C11H10ClFN4. The zero-order valence-electron chi connectivity index (χ0n) is 9.04. The third-order valence-corrected chi connectivity index (χ3v) is 2.34. The summed E-state index contributed by atoms with van der Waals surface area (Å²) in [5.74, 6) is 5.69. The largest absolute Gasteiger partial charge is 0.308 e. The number of nitrogens with one attached hydrogen (secondary N) is 1. The minimum atomic E-state index is -0.431. The lowest BCUT2D eigenvalue weighted by atomic mass is 10.2. The molecule has 0 amide bonds. The third kappa shape index (κ3) is 2.69. The summed E-state index contributed by atoms with van der Waals surface area (Å²) in [6, 6.07) is 5.83. The van der Waals surface area contributed by atoms with Crippen molar-refractivity contribution in [2.45, 2.75) is 6.92 Å². The van der Waals surface area contributed by atoms with Gasteiger partial charge in [-0.15, -0.1) is 0 Å². The maximum atomic E-state index is 13.2. The zero-order valence-corrected chi connectivity index (χ0v) is 9.79. The van der Waals surface area contributed by atoms with Gasteiger partial charge in [-0.25, -0.2) is 20.2 Å². The van der Waals surface area contributed by atoms with Crippen LogP contribution in [0.4, 0.5) is 10.2 Å². The van der Waals surface area contributed by atoms with E-state index in [1.54, 1.807) is 19.1 Å². The van der Waals surface area contributed by atoms with Crippen molar-refractivity contribution in [3.63, 3.8) is 0 Å². The molecule has 0 saturated heterocycles. The lowest BCUT2D eigenvalue weighted by Gasteiger charge is -2.06. The molecule has 2 rings (SSSR count). The Morgan fingerprint density at radius 1 is 1.24 bits per heavy atom. The van der Waals surface area contributed by atoms with Gasteiger partial charge in [-0.3, -0.25) is 0 Å². The Kier molecular flexibility index (Phi) is 3.21. The van der Waals surface area contributed by atoms with Gasteiger partial charge in [0.05, 0.1) is 0 Å². The highest BCUT2D eigenvalue weighted by molar-refractivity contribution is 6.30. The standard InChI is InChI=1S/C11H10ClFN4/c1-6-2-10(17-14)16-11(15-6)7-3-8(12)5-9(13)4-7/h2-5H,14H2,1H3,(H,15,16,17). The number of hydrogen-bond acceptors (Lipinski definition) is 4. The Bertz CT molecular complexity index is 539. The molecule has 6 heteroatoms. The van der Waals surface area contributed by atoms with Gasteiger partial charge >= 0.3 is 0 Å². The van der Waals surface area contributed by atoms with Crippen LogP contribution >= 0.6 is 11.6 Å². The van der Waals surface area contributed by atoms with Crippen molar-refractivity contribution in [1.82, 2.24) is 9.97 Å². The fourth-order valence-corrected chi connectivity index (χ4v) is 1.68. The van der Waals surface area contributed by atoms with Gasteiger partial charge in [-0.05, 0) is 25.1 Å². The molecular weight excluding hydrogens is 243 g/mol. The van der Waals surface area contributed by atoms with Gasteiger partial charge in [0, 0.05) is 22.3 Å². The number of halogens is 2. The molecule has 2 aromatic rings. The highest BCUT2D eigenvalue weighted by atomic mass is 35.5. The van der Waals surface area contributed by atoms with Crippen molar-refractivity contribution in [1.29, 1.82) is 0 Å². The summed E-state index contributed by atoms with van der Waals surface area (Å²) in [4.78, 5) is 8.33. The van der Waals surface area contributed by atoms with Gasteiger partial charge in [-0.2, -0.15) is 0 Å². The summed E-state index contributed by atoms with van der Waals surface area (Å²) in [7, 11) is 0. The van der Waals surface area contributed by atoms with Crippen LogP contribution in [-0.4, -0.2) is 9.97 Å². The molecule has 0 radical (unpaired) electrons. The van der Waals surface area contributed by atoms with Crippen LogP contribution in [0.2, 0.25) is 5.02 Å². The Morgan fingerprint density at radius 3 is 2.65 bits per heavy atom. The molecule has 0 unspecified atom stereocenters. The van der Waals surface area contributed by atoms with Crippen molar-refractivity contribution in [3.05, 3.63) is 40.8 Å². The Morgan fingerprint density at radius 2 is 2.00 bits per heavy atom. The fraction of sp³-hybridized carbons (Fsp3) is 0.0909. The lowest BCUT2D eigenvalue weighted by molar-refractivity contribution is 0.628. The minimum Gasteiger partial charge on any atom is -0.308 e. The quantitative estimate of drug-likeness (QED) is 0.637. The first-order valence-electron chi connectivity index (χ1n) is 4.87. The SMILES string of the molecule is Cc1cc(NN)nc(-c2cc(F)cc(Cl)c2)n1. The van der Waals surface area contributed by atoms with Gasteiger partial charge < -0.3 is 5.43 Å². The molecule has 0 spiro atoms. The van der Waals surface area contributed by atoms with Crippen molar-refractivity contribution in [2.75, 3.05) is 5.43 Å². The summed E-state index contributed by atoms with van der Waals surface area (Å²) in [6.45, 7) is 1.80. The fourth-order valence-electron chi connectivity index (χ4n) is 1.45. The number of nitrogen functional groups attached to an aromatic ring is 1. The van der Waals surface area contributed by atoms with E-state index in [9.17, 15) is 4.39 Å². The van der Waals surface area contributed by atoms with Crippen molar-refractivity contribution in [3.8, 4) is 11.4 Å². The summed E-state index contributed by atoms with van der Waals surface area (Å²) in [6.07, 6.45) is 0. The number of nitrogens with two attached hydrogens (primary N) is 1. The number of hydrogen-bond donors (Lipinski definition) is 2. The van der Waals surface area contributed by atoms with Crippen molar-refractivity contribution in [2.24, 2.45) is 5.84 Å². The molecule has 88 valence electrons. The summed E-state index contributed by atoms with van der Waals surface area (Å²) >= 11 is 5.78. The van der Waals surface area contributed by atoms with Crippen LogP contribution in [0.3, 0.4) is 0 Å². The van der Waals surface area contributed by atoms with Gasteiger partial charge in [0.15, 0.2) is 5.82 Å². The van der Waals surface area contributed by atoms with Crippen LogP contribution < -0.4 is 11.3 Å². The predicted octanol–water partition coefficient (Wildman–Crippen LogP) is 2.53. The molecule has 0 aliphatic rings. The van der Waals surface area contributed by atoms with Gasteiger partial charge in [0.25, 0.3) is 0 Å². The molecule has 0 aliphatic heterocycles. The molecule has 3 N–H and O–H groups in total. The van der Waals surface area contributed by atoms with Gasteiger partial charge in [-0.1, -0.05) is 11.6 Å². The zero-order chi connectivity index (χ0) is 12.4. The van der Waals surface area contributed by atoms with Crippen LogP contribution in [0.25, 0.3) is 11.4 Å². The molecule has 4 nitrogen and oxygen atoms in total. The smallest absolute Gasteiger partial charge is 0.161 e. The summed E-state index contributed by atoms with van der Waals surface area (Å²) < 4.78 is 13.2. The first-order chi connectivity index (χ1) is 8.08. The van der Waals surface area contributed by atoms with E-state index in [4.69, 9.17) is 17.4 Å². The molecule has 0 fully saturated rings. The summed E-state index contributed by atoms with van der Waals surface area (Å²) in [5, 5.41) is 0.298. The van der Waals surface area contributed by atoms with Crippen LogP contribution in [0.1, 0.15) is 5.69 Å².